The Morgan fingerprint density at radius 1 is 1.26 bits per heavy atom. The van der Waals surface area contributed by atoms with Crippen LogP contribution in [0.25, 0.3) is 0 Å². The lowest BCUT2D eigenvalue weighted by Gasteiger charge is -2.35. The maximum absolute atomic E-state index is 12.5. The third kappa shape index (κ3) is 5.53. The van der Waals surface area contributed by atoms with Gasteiger partial charge in [-0.3, -0.25) is 14.5 Å². The average molecular weight is 438 g/mol. The van der Waals surface area contributed by atoms with Crippen LogP contribution in [0.1, 0.15) is 26.7 Å². The molecule has 2 amide bonds. The van der Waals surface area contributed by atoms with E-state index in [9.17, 15) is 9.59 Å². The molecule has 3 rings (SSSR count). The Bertz CT molecular complexity index is 674. The second-order valence-corrected chi connectivity index (χ2v) is 8.46. The van der Waals surface area contributed by atoms with Gasteiger partial charge in [0.1, 0.15) is 0 Å². The first-order chi connectivity index (χ1) is 12.9. The highest BCUT2D eigenvalue weighted by atomic mass is 79.9. The molecule has 0 saturated carbocycles. The number of halogens is 1. The number of hydrogen-bond acceptors (Lipinski definition) is 4. The lowest BCUT2D eigenvalue weighted by atomic mass is 10.1. The molecule has 0 bridgehead atoms. The molecule has 3 unspecified atom stereocenters. The van der Waals surface area contributed by atoms with Crippen molar-refractivity contribution >= 4 is 33.4 Å². The van der Waals surface area contributed by atoms with Crippen molar-refractivity contribution in [3.05, 3.63) is 28.7 Å². The summed E-state index contributed by atoms with van der Waals surface area (Å²) in [6.07, 6.45) is 1.70. The van der Waals surface area contributed by atoms with E-state index in [1.165, 1.54) is 0 Å². The van der Waals surface area contributed by atoms with E-state index in [0.29, 0.717) is 13.1 Å². The quantitative estimate of drug-likeness (QED) is 0.694. The van der Waals surface area contributed by atoms with E-state index in [4.69, 9.17) is 4.74 Å². The summed E-state index contributed by atoms with van der Waals surface area (Å²) in [5.74, 6) is -0.297. The fourth-order valence-corrected chi connectivity index (χ4v) is 4.29. The van der Waals surface area contributed by atoms with Gasteiger partial charge in [-0.05, 0) is 38.5 Å². The highest BCUT2D eigenvalue weighted by Crippen LogP contribution is 2.27. The summed E-state index contributed by atoms with van der Waals surface area (Å²) in [5.41, 5.74) is 0.834. The smallest absolute Gasteiger partial charge is 0.227 e. The number of hydrogen-bond donors (Lipinski definition) is 1. The number of benzene rings is 1. The van der Waals surface area contributed by atoms with Gasteiger partial charge in [-0.2, -0.15) is 0 Å². The Morgan fingerprint density at radius 3 is 2.70 bits per heavy atom. The number of ether oxygens (including phenoxy) is 1. The van der Waals surface area contributed by atoms with Crippen LogP contribution in [0.4, 0.5) is 5.69 Å². The van der Waals surface area contributed by atoms with Gasteiger partial charge in [0, 0.05) is 49.3 Å². The van der Waals surface area contributed by atoms with E-state index >= 15 is 0 Å². The lowest BCUT2D eigenvalue weighted by Crippen LogP contribution is -2.46. The van der Waals surface area contributed by atoms with Gasteiger partial charge in [-0.25, -0.2) is 0 Å². The van der Waals surface area contributed by atoms with Crippen LogP contribution < -0.4 is 10.2 Å². The molecule has 3 atom stereocenters. The van der Waals surface area contributed by atoms with E-state index in [1.807, 2.05) is 24.3 Å². The minimum Gasteiger partial charge on any atom is -0.373 e. The number of rotatable bonds is 6. The molecule has 6 nitrogen and oxygen atoms in total. The minimum absolute atomic E-state index is 0.00421. The molecule has 148 valence electrons. The van der Waals surface area contributed by atoms with Gasteiger partial charge in [-0.1, -0.05) is 22.0 Å². The van der Waals surface area contributed by atoms with Crippen molar-refractivity contribution in [2.24, 2.45) is 5.92 Å². The number of amides is 2. The molecular formula is C20H28BrN3O3. The third-order valence-corrected chi connectivity index (χ3v) is 5.55. The standard InChI is InChI=1S/C20H28BrN3O3/c1-14-11-23(12-15(2)27-14)8-4-7-22-20(26)16-9-19(25)24(13-16)18-6-3-5-17(21)10-18/h3,5-6,10,14-16H,4,7-9,11-13H2,1-2H3,(H,22,26). The normalized spacial score (nSPS) is 26.4. The molecule has 1 aromatic rings. The Labute approximate surface area is 169 Å². The molecule has 0 aliphatic carbocycles. The number of carbonyl (C=O) groups is 2. The summed E-state index contributed by atoms with van der Waals surface area (Å²) in [6, 6.07) is 7.62. The van der Waals surface area contributed by atoms with Crippen LogP contribution in [0, 0.1) is 5.92 Å². The van der Waals surface area contributed by atoms with Crippen LogP contribution in [-0.2, 0) is 14.3 Å². The van der Waals surface area contributed by atoms with Crippen LogP contribution >= 0.6 is 15.9 Å². The van der Waals surface area contributed by atoms with Gasteiger partial charge in [0.25, 0.3) is 0 Å². The summed E-state index contributed by atoms with van der Waals surface area (Å²) in [5, 5.41) is 3.01. The van der Waals surface area contributed by atoms with Crippen molar-refractivity contribution in [3.63, 3.8) is 0 Å². The predicted molar refractivity (Wildman–Crippen MR) is 109 cm³/mol. The minimum atomic E-state index is -0.278. The number of morpholine rings is 1. The molecule has 1 N–H and O–H groups in total. The molecule has 7 heteroatoms. The summed E-state index contributed by atoms with van der Waals surface area (Å²) in [6.45, 7) is 8.11. The number of anilines is 1. The highest BCUT2D eigenvalue weighted by molar-refractivity contribution is 9.10. The van der Waals surface area contributed by atoms with Crippen LogP contribution in [-0.4, -0.2) is 61.6 Å². The molecule has 2 heterocycles. The second-order valence-electron chi connectivity index (χ2n) is 7.55. The summed E-state index contributed by atoms with van der Waals surface area (Å²) in [7, 11) is 0. The van der Waals surface area contributed by atoms with E-state index in [-0.39, 0.29) is 36.4 Å². The molecule has 2 saturated heterocycles. The van der Waals surface area contributed by atoms with Crippen molar-refractivity contribution in [1.29, 1.82) is 0 Å². The number of nitrogens with one attached hydrogen (secondary N) is 1. The van der Waals surface area contributed by atoms with Crippen LogP contribution in [0.2, 0.25) is 0 Å². The van der Waals surface area contributed by atoms with E-state index in [1.54, 1.807) is 4.90 Å². The van der Waals surface area contributed by atoms with Gasteiger partial charge in [0.2, 0.25) is 11.8 Å². The topological polar surface area (TPSA) is 61.9 Å². The van der Waals surface area contributed by atoms with Gasteiger partial charge < -0.3 is 15.0 Å². The first-order valence-electron chi connectivity index (χ1n) is 9.64. The lowest BCUT2D eigenvalue weighted by molar-refractivity contribution is -0.126. The van der Waals surface area contributed by atoms with Crippen LogP contribution in [0.5, 0.6) is 0 Å². The van der Waals surface area contributed by atoms with Gasteiger partial charge in [0.05, 0.1) is 18.1 Å². The SMILES string of the molecule is CC1CN(CCCNC(=O)C2CC(=O)N(c3cccc(Br)c3)C2)CC(C)O1. The second kappa shape index (κ2) is 9.17. The van der Waals surface area contributed by atoms with E-state index in [2.05, 4.69) is 40.0 Å². The predicted octanol–water partition coefficient (Wildman–Crippen LogP) is 2.42. The third-order valence-electron chi connectivity index (χ3n) is 5.06. The molecular weight excluding hydrogens is 410 g/mol. The molecule has 0 radical (unpaired) electrons. The first-order valence-corrected chi connectivity index (χ1v) is 10.4. The highest BCUT2D eigenvalue weighted by Gasteiger charge is 2.35. The molecule has 2 aliphatic heterocycles. The largest absolute Gasteiger partial charge is 0.373 e. The van der Waals surface area contributed by atoms with Crippen molar-refractivity contribution in [3.8, 4) is 0 Å². The monoisotopic (exact) mass is 437 g/mol. The van der Waals surface area contributed by atoms with E-state index < -0.39 is 0 Å². The zero-order chi connectivity index (χ0) is 19.4. The maximum Gasteiger partial charge on any atom is 0.227 e. The van der Waals surface area contributed by atoms with E-state index in [0.717, 1.165) is 36.2 Å². The first kappa shape index (κ1) is 20.3. The average Bonchev–Trinajstić information content (AvgIpc) is 3.00. The summed E-state index contributed by atoms with van der Waals surface area (Å²) >= 11 is 3.43. The number of carbonyl (C=O) groups excluding carboxylic acids is 2. The number of nitrogens with zero attached hydrogens (tertiary/aromatic N) is 2. The van der Waals surface area contributed by atoms with Gasteiger partial charge in [0.15, 0.2) is 0 Å². The fraction of sp³-hybridized carbons (Fsp3) is 0.600. The molecule has 0 aromatic heterocycles. The van der Waals surface area contributed by atoms with Crippen molar-refractivity contribution in [1.82, 2.24) is 10.2 Å². The Kier molecular flexibility index (Phi) is 6.89. The molecule has 1 aromatic carbocycles. The van der Waals surface area contributed by atoms with Crippen molar-refractivity contribution < 1.29 is 14.3 Å². The Hall–Kier alpha value is -1.44. The molecule has 2 fully saturated rings. The summed E-state index contributed by atoms with van der Waals surface area (Å²) in [4.78, 5) is 28.9. The Morgan fingerprint density at radius 2 is 2.00 bits per heavy atom. The van der Waals surface area contributed by atoms with Crippen molar-refractivity contribution in [2.75, 3.05) is 37.6 Å². The molecule has 0 spiro atoms. The summed E-state index contributed by atoms with van der Waals surface area (Å²) < 4.78 is 6.66. The zero-order valence-corrected chi connectivity index (χ0v) is 17.6. The molecule has 27 heavy (non-hydrogen) atoms. The van der Waals surface area contributed by atoms with Crippen molar-refractivity contribution in [2.45, 2.75) is 38.9 Å². The molecule has 2 aliphatic rings. The zero-order valence-electron chi connectivity index (χ0n) is 16.0. The fourth-order valence-electron chi connectivity index (χ4n) is 3.90. The van der Waals surface area contributed by atoms with Crippen LogP contribution in [0.15, 0.2) is 28.7 Å². The van der Waals surface area contributed by atoms with Gasteiger partial charge in [-0.15, -0.1) is 0 Å². The van der Waals surface area contributed by atoms with Crippen LogP contribution in [0.3, 0.4) is 0 Å². The maximum atomic E-state index is 12.5. The Balaban J connectivity index is 1.42. The van der Waals surface area contributed by atoms with Gasteiger partial charge >= 0.3 is 0 Å².